The highest BCUT2D eigenvalue weighted by Gasteiger charge is 2.24. The fraction of sp³-hybridized carbons (Fsp3) is 0.455. The summed E-state index contributed by atoms with van der Waals surface area (Å²) < 4.78 is 0. The number of nitrogens with zero attached hydrogens (tertiary/aromatic N) is 1. The molecule has 0 amide bonds. The van der Waals surface area contributed by atoms with E-state index in [1.165, 1.54) is 11.3 Å². The van der Waals surface area contributed by atoms with E-state index in [0.29, 0.717) is 12.6 Å². The predicted octanol–water partition coefficient (Wildman–Crippen LogP) is 1.33. The lowest BCUT2D eigenvalue weighted by Gasteiger charge is -2.24. The molecule has 0 bridgehead atoms. The summed E-state index contributed by atoms with van der Waals surface area (Å²) in [5.41, 5.74) is 2.76. The second-order valence-electron chi connectivity index (χ2n) is 3.75. The van der Waals surface area contributed by atoms with E-state index >= 15 is 0 Å². The van der Waals surface area contributed by atoms with Gasteiger partial charge < -0.3 is 9.74 Å². The minimum absolute atomic E-state index is 0.558. The minimum Gasteiger partial charge on any atom is -0.366 e. The maximum Gasteiger partial charge on any atom is 0.0854 e. The molecule has 3 nitrogen and oxygen atoms in total. The number of hydrogen-bond acceptors (Lipinski definition) is 3. The number of anilines is 1. The quantitative estimate of drug-likeness (QED) is 0.734. The SMILES string of the molecule is CC1Cc2ccccc2N1CCON. The van der Waals surface area contributed by atoms with Gasteiger partial charge in [0.1, 0.15) is 0 Å². The fourth-order valence-electron chi connectivity index (χ4n) is 2.12. The van der Waals surface area contributed by atoms with Crippen LogP contribution in [0.2, 0.25) is 0 Å². The number of para-hydroxylation sites is 1. The third-order valence-corrected chi connectivity index (χ3v) is 2.80. The Hall–Kier alpha value is -1.06. The Morgan fingerprint density at radius 2 is 2.29 bits per heavy atom. The van der Waals surface area contributed by atoms with Crippen LogP contribution < -0.4 is 10.8 Å². The first-order valence-corrected chi connectivity index (χ1v) is 4.99. The molecule has 0 saturated carbocycles. The van der Waals surface area contributed by atoms with E-state index in [2.05, 4.69) is 40.9 Å². The second kappa shape index (κ2) is 3.98. The molecular weight excluding hydrogens is 176 g/mol. The van der Waals surface area contributed by atoms with Gasteiger partial charge in [-0.3, -0.25) is 0 Å². The average molecular weight is 192 g/mol. The standard InChI is InChI=1S/C11H16N2O/c1-9-8-10-4-2-3-5-11(10)13(9)6-7-14-12/h2-5,9H,6-8,12H2,1H3. The molecule has 1 atom stereocenters. The van der Waals surface area contributed by atoms with Gasteiger partial charge in [-0.1, -0.05) is 18.2 Å². The van der Waals surface area contributed by atoms with E-state index in [4.69, 9.17) is 5.90 Å². The highest BCUT2D eigenvalue weighted by atomic mass is 16.6. The molecule has 0 aliphatic carbocycles. The van der Waals surface area contributed by atoms with Gasteiger partial charge in [0.15, 0.2) is 0 Å². The van der Waals surface area contributed by atoms with E-state index in [1.807, 2.05) is 0 Å². The number of hydrogen-bond donors (Lipinski definition) is 1. The molecule has 2 rings (SSSR count). The molecule has 3 heteroatoms. The molecule has 1 aromatic carbocycles. The Morgan fingerprint density at radius 1 is 1.50 bits per heavy atom. The van der Waals surface area contributed by atoms with Gasteiger partial charge in [-0.25, -0.2) is 5.90 Å². The predicted molar refractivity (Wildman–Crippen MR) is 57.1 cm³/mol. The van der Waals surface area contributed by atoms with Crippen LogP contribution in [0.1, 0.15) is 12.5 Å². The van der Waals surface area contributed by atoms with Crippen LogP contribution in [0.5, 0.6) is 0 Å². The minimum atomic E-state index is 0.558. The van der Waals surface area contributed by atoms with Crippen molar-refractivity contribution in [3.63, 3.8) is 0 Å². The van der Waals surface area contributed by atoms with Gasteiger partial charge in [0, 0.05) is 18.3 Å². The largest absolute Gasteiger partial charge is 0.366 e. The van der Waals surface area contributed by atoms with Gasteiger partial charge in [-0.2, -0.15) is 0 Å². The lowest BCUT2D eigenvalue weighted by Crippen LogP contribution is -2.33. The smallest absolute Gasteiger partial charge is 0.0854 e. The molecular formula is C11H16N2O. The van der Waals surface area contributed by atoms with Gasteiger partial charge in [0.2, 0.25) is 0 Å². The lowest BCUT2D eigenvalue weighted by molar-refractivity contribution is 0.143. The average Bonchev–Trinajstić information content (AvgIpc) is 2.51. The highest BCUT2D eigenvalue weighted by Crippen LogP contribution is 2.31. The zero-order valence-electron chi connectivity index (χ0n) is 8.44. The monoisotopic (exact) mass is 192 g/mol. The van der Waals surface area contributed by atoms with Crippen molar-refractivity contribution in [3.05, 3.63) is 29.8 Å². The summed E-state index contributed by atoms with van der Waals surface area (Å²) in [6.07, 6.45) is 1.13. The Bertz CT molecular complexity index is 314. The summed E-state index contributed by atoms with van der Waals surface area (Å²) in [4.78, 5) is 6.97. The molecule has 0 fully saturated rings. The number of nitrogens with two attached hydrogens (primary N) is 1. The van der Waals surface area contributed by atoms with Crippen LogP contribution in [0.25, 0.3) is 0 Å². The van der Waals surface area contributed by atoms with Crippen molar-refractivity contribution in [2.45, 2.75) is 19.4 Å². The maximum atomic E-state index is 5.05. The summed E-state index contributed by atoms with van der Waals surface area (Å²) in [6, 6.07) is 9.08. The zero-order valence-corrected chi connectivity index (χ0v) is 8.44. The highest BCUT2D eigenvalue weighted by molar-refractivity contribution is 5.59. The molecule has 0 aromatic heterocycles. The van der Waals surface area contributed by atoms with Crippen LogP contribution in [0.15, 0.2) is 24.3 Å². The topological polar surface area (TPSA) is 38.5 Å². The normalized spacial score (nSPS) is 19.9. The van der Waals surface area contributed by atoms with Gasteiger partial charge in [-0.05, 0) is 25.0 Å². The zero-order chi connectivity index (χ0) is 9.97. The molecule has 0 spiro atoms. The van der Waals surface area contributed by atoms with E-state index in [1.54, 1.807) is 0 Å². The molecule has 0 radical (unpaired) electrons. The van der Waals surface area contributed by atoms with E-state index in [-0.39, 0.29) is 0 Å². The van der Waals surface area contributed by atoms with Crippen LogP contribution in [-0.2, 0) is 11.3 Å². The molecule has 1 aliphatic rings. The number of benzene rings is 1. The number of rotatable bonds is 3. The number of fused-ring (bicyclic) bond motifs is 1. The van der Waals surface area contributed by atoms with Crippen LogP contribution in [0.4, 0.5) is 5.69 Å². The van der Waals surface area contributed by atoms with Crippen molar-refractivity contribution in [1.82, 2.24) is 0 Å². The summed E-state index contributed by atoms with van der Waals surface area (Å²) in [5, 5.41) is 0. The van der Waals surface area contributed by atoms with Gasteiger partial charge in [-0.15, -0.1) is 0 Å². The molecule has 14 heavy (non-hydrogen) atoms. The van der Waals surface area contributed by atoms with E-state index in [9.17, 15) is 0 Å². The first-order chi connectivity index (χ1) is 6.83. The van der Waals surface area contributed by atoms with Crippen LogP contribution in [0, 0.1) is 0 Å². The van der Waals surface area contributed by atoms with Crippen molar-refractivity contribution in [1.29, 1.82) is 0 Å². The summed E-state index contributed by atoms with van der Waals surface area (Å²) in [6.45, 7) is 3.68. The van der Waals surface area contributed by atoms with E-state index < -0.39 is 0 Å². The van der Waals surface area contributed by atoms with Crippen LogP contribution >= 0.6 is 0 Å². The summed E-state index contributed by atoms with van der Waals surface area (Å²) in [7, 11) is 0. The maximum absolute atomic E-state index is 5.05. The molecule has 1 unspecified atom stereocenters. The second-order valence-corrected chi connectivity index (χ2v) is 3.75. The van der Waals surface area contributed by atoms with Gasteiger partial charge in [0.05, 0.1) is 6.61 Å². The molecule has 1 aliphatic heterocycles. The molecule has 1 aromatic rings. The Kier molecular flexibility index (Phi) is 2.70. The Labute approximate surface area is 84.4 Å². The fourth-order valence-corrected chi connectivity index (χ4v) is 2.12. The lowest BCUT2D eigenvalue weighted by atomic mass is 10.1. The van der Waals surface area contributed by atoms with E-state index in [0.717, 1.165) is 13.0 Å². The van der Waals surface area contributed by atoms with Gasteiger partial charge in [0.25, 0.3) is 0 Å². The van der Waals surface area contributed by atoms with Crippen molar-refractivity contribution in [2.24, 2.45) is 5.90 Å². The van der Waals surface area contributed by atoms with Crippen LogP contribution in [0.3, 0.4) is 0 Å². The third-order valence-electron chi connectivity index (χ3n) is 2.80. The molecule has 0 saturated heterocycles. The molecule has 76 valence electrons. The Morgan fingerprint density at radius 3 is 3.07 bits per heavy atom. The van der Waals surface area contributed by atoms with Crippen molar-refractivity contribution < 1.29 is 4.84 Å². The van der Waals surface area contributed by atoms with Crippen LogP contribution in [-0.4, -0.2) is 19.2 Å². The third kappa shape index (κ3) is 1.61. The first-order valence-electron chi connectivity index (χ1n) is 4.99. The molecule has 1 heterocycles. The summed E-state index contributed by atoms with van der Waals surface area (Å²) in [5.74, 6) is 5.05. The Balaban J connectivity index is 2.17. The van der Waals surface area contributed by atoms with Gasteiger partial charge >= 0.3 is 0 Å². The molecule has 2 N–H and O–H groups in total. The summed E-state index contributed by atoms with van der Waals surface area (Å²) >= 11 is 0. The first kappa shape index (κ1) is 9.49. The van der Waals surface area contributed by atoms with Crippen molar-refractivity contribution >= 4 is 5.69 Å². The van der Waals surface area contributed by atoms with Crippen molar-refractivity contribution in [3.8, 4) is 0 Å². The van der Waals surface area contributed by atoms with Crippen molar-refractivity contribution in [2.75, 3.05) is 18.1 Å².